The molecule has 1 N–H and O–H groups in total. The van der Waals surface area contributed by atoms with Gasteiger partial charge in [0, 0.05) is 17.6 Å². The summed E-state index contributed by atoms with van der Waals surface area (Å²) >= 11 is 0. The van der Waals surface area contributed by atoms with Crippen LogP contribution in [-0.4, -0.2) is 34.2 Å². The second kappa shape index (κ2) is 6.36. The number of carboxylic acid groups (broad SMARTS) is 1. The maximum absolute atomic E-state index is 11.0. The summed E-state index contributed by atoms with van der Waals surface area (Å²) < 4.78 is 6.06. The molecule has 138 valence electrons. The van der Waals surface area contributed by atoms with Gasteiger partial charge in [0.15, 0.2) is 11.5 Å². The van der Waals surface area contributed by atoms with Gasteiger partial charge in [0.25, 0.3) is 0 Å². The summed E-state index contributed by atoms with van der Waals surface area (Å²) in [6, 6.07) is 6.37. The Kier molecular flexibility index (Phi) is 4.48. The van der Waals surface area contributed by atoms with E-state index in [2.05, 4.69) is 55.9 Å². The van der Waals surface area contributed by atoms with Crippen molar-refractivity contribution in [2.75, 3.05) is 18.1 Å². The molecule has 6 nitrogen and oxygen atoms in total. The first kappa shape index (κ1) is 18.3. The third-order valence-electron chi connectivity index (χ3n) is 4.94. The molecule has 26 heavy (non-hydrogen) atoms. The molecule has 2 aromatic rings. The fourth-order valence-corrected chi connectivity index (χ4v) is 3.35. The molecular weight excluding hydrogens is 330 g/mol. The molecule has 1 aliphatic rings. The molecule has 0 radical (unpaired) electrons. The number of ether oxygens (including phenoxy) is 1. The number of hydrogen-bond acceptors (Lipinski definition) is 5. The predicted octanol–water partition coefficient (Wildman–Crippen LogP) is 3.88. The van der Waals surface area contributed by atoms with Crippen LogP contribution in [0, 0.1) is 0 Å². The zero-order valence-corrected chi connectivity index (χ0v) is 15.9. The van der Waals surface area contributed by atoms with Crippen LogP contribution in [0.25, 0.3) is 0 Å². The lowest BCUT2D eigenvalue weighted by Crippen LogP contribution is -2.40. The van der Waals surface area contributed by atoms with E-state index in [0.29, 0.717) is 19.0 Å². The number of hydrogen-bond donors (Lipinski definition) is 1. The number of fused-ring (bicyclic) bond motifs is 1. The van der Waals surface area contributed by atoms with Gasteiger partial charge in [-0.05, 0) is 44.0 Å². The van der Waals surface area contributed by atoms with Crippen molar-refractivity contribution in [3.8, 4) is 0 Å². The monoisotopic (exact) mass is 355 g/mol. The highest BCUT2D eigenvalue weighted by Gasteiger charge is 2.38. The fourth-order valence-electron chi connectivity index (χ4n) is 3.35. The second-order valence-corrected chi connectivity index (χ2v) is 7.72. The maximum atomic E-state index is 11.0. The molecule has 0 fully saturated rings. The van der Waals surface area contributed by atoms with Crippen LogP contribution >= 0.6 is 0 Å². The van der Waals surface area contributed by atoms with Gasteiger partial charge in [-0.2, -0.15) is 0 Å². The average Bonchev–Trinajstić information content (AvgIpc) is 2.60. The Balaban J connectivity index is 2.04. The van der Waals surface area contributed by atoms with Gasteiger partial charge in [-0.3, -0.25) is 0 Å². The number of nitrogens with zero attached hydrogens (tertiary/aromatic N) is 3. The van der Waals surface area contributed by atoms with Crippen molar-refractivity contribution < 1.29 is 14.6 Å². The van der Waals surface area contributed by atoms with Crippen molar-refractivity contribution in [2.45, 2.75) is 45.6 Å². The van der Waals surface area contributed by atoms with E-state index in [1.54, 1.807) is 0 Å². The van der Waals surface area contributed by atoms with Crippen LogP contribution in [0.5, 0.6) is 0 Å². The number of carbonyl (C=O) groups is 1. The molecule has 6 heteroatoms. The highest BCUT2D eigenvalue weighted by molar-refractivity contribution is 5.85. The van der Waals surface area contributed by atoms with Crippen LogP contribution in [0.1, 0.15) is 56.2 Å². The first-order chi connectivity index (χ1) is 12.2. The smallest absolute Gasteiger partial charge is 0.356 e. The van der Waals surface area contributed by atoms with Crippen LogP contribution in [-0.2, 0) is 15.8 Å². The van der Waals surface area contributed by atoms with E-state index in [-0.39, 0.29) is 16.7 Å². The highest BCUT2D eigenvalue weighted by Crippen LogP contribution is 2.43. The van der Waals surface area contributed by atoms with Gasteiger partial charge in [0.1, 0.15) is 0 Å². The molecule has 0 aliphatic carbocycles. The molecule has 0 bridgehead atoms. The van der Waals surface area contributed by atoms with Crippen molar-refractivity contribution in [3.05, 3.63) is 47.4 Å². The standard InChI is InChI=1S/C20H25N3O3/c1-6-23(17-11-21-16(10-22-17)18(24)25)13-7-8-14-15(9-13)19(2,3)12-26-20(14,4)5/h7-11H,6,12H2,1-5H3,(H,24,25). The fraction of sp³-hybridized carbons (Fsp3) is 0.450. The molecule has 0 spiro atoms. The van der Waals surface area contributed by atoms with Gasteiger partial charge < -0.3 is 14.7 Å². The molecule has 0 unspecified atom stereocenters. The lowest BCUT2D eigenvalue weighted by Gasteiger charge is -2.42. The number of aromatic carboxylic acids is 1. The second-order valence-electron chi connectivity index (χ2n) is 7.72. The van der Waals surface area contributed by atoms with Crippen LogP contribution in [0.2, 0.25) is 0 Å². The Bertz CT molecular complexity index is 829. The number of rotatable bonds is 4. The lowest BCUT2D eigenvalue weighted by molar-refractivity contribution is -0.0587. The zero-order valence-electron chi connectivity index (χ0n) is 15.9. The average molecular weight is 355 g/mol. The van der Waals surface area contributed by atoms with Crippen LogP contribution in [0.4, 0.5) is 11.5 Å². The molecule has 0 saturated carbocycles. The van der Waals surface area contributed by atoms with Crippen LogP contribution in [0.15, 0.2) is 30.6 Å². The van der Waals surface area contributed by atoms with E-state index in [9.17, 15) is 4.79 Å². The van der Waals surface area contributed by atoms with Crippen molar-refractivity contribution in [3.63, 3.8) is 0 Å². The van der Waals surface area contributed by atoms with E-state index in [1.165, 1.54) is 23.5 Å². The molecule has 0 atom stereocenters. The Labute approximate surface area is 153 Å². The minimum absolute atomic E-state index is 0.0599. The molecule has 0 amide bonds. The van der Waals surface area contributed by atoms with Crippen LogP contribution < -0.4 is 4.90 Å². The highest BCUT2D eigenvalue weighted by atomic mass is 16.5. The van der Waals surface area contributed by atoms with Crippen molar-refractivity contribution in [1.29, 1.82) is 0 Å². The third-order valence-corrected chi connectivity index (χ3v) is 4.94. The molecule has 2 heterocycles. The van der Waals surface area contributed by atoms with E-state index >= 15 is 0 Å². The summed E-state index contributed by atoms with van der Waals surface area (Å²) in [5, 5.41) is 9.00. The maximum Gasteiger partial charge on any atom is 0.356 e. The Morgan fingerprint density at radius 3 is 2.50 bits per heavy atom. The Hall–Kier alpha value is -2.47. The molecule has 0 saturated heterocycles. The van der Waals surface area contributed by atoms with E-state index in [1.807, 2.05) is 11.8 Å². The molecule has 1 aromatic heterocycles. The topological polar surface area (TPSA) is 75.5 Å². The van der Waals surface area contributed by atoms with Crippen molar-refractivity contribution in [2.24, 2.45) is 0 Å². The van der Waals surface area contributed by atoms with Gasteiger partial charge in [-0.1, -0.05) is 19.9 Å². The van der Waals surface area contributed by atoms with Gasteiger partial charge >= 0.3 is 5.97 Å². The largest absolute Gasteiger partial charge is 0.476 e. The first-order valence-electron chi connectivity index (χ1n) is 8.77. The van der Waals surface area contributed by atoms with Gasteiger partial charge in [-0.15, -0.1) is 0 Å². The number of benzene rings is 1. The van der Waals surface area contributed by atoms with Gasteiger partial charge in [-0.25, -0.2) is 14.8 Å². The summed E-state index contributed by atoms with van der Waals surface area (Å²) in [5.41, 5.74) is 3.01. The van der Waals surface area contributed by atoms with Crippen LogP contribution in [0.3, 0.4) is 0 Å². The van der Waals surface area contributed by atoms with Gasteiger partial charge in [0.05, 0.1) is 24.6 Å². The Morgan fingerprint density at radius 2 is 1.92 bits per heavy atom. The summed E-state index contributed by atoms with van der Waals surface area (Å²) in [6.07, 6.45) is 2.80. The number of carboxylic acids is 1. The number of anilines is 2. The zero-order chi connectivity index (χ0) is 19.1. The predicted molar refractivity (Wildman–Crippen MR) is 100 cm³/mol. The third kappa shape index (κ3) is 3.17. The van der Waals surface area contributed by atoms with E-state index in [4.69, 9.17) is 9.84 Å². The van der Waals surface area contributed by atoms with Crippen molar-refractivity contribution in [1.82, 2.24) is 9.97 Å². The van der Waals surface area contributed by atoms with Crippen molar-refractivity contribution >= 4 is 17.5 Å². The SMILES string of the molecule is CCN(c1ccc2c(c1)C(C)(C)COC2(C)C)c1cnc(C(=O)O)cn1. The summed E-state index contributed by atoms with van der Waals surface area (Å²) in [5.74, 6) is -0.452. The first-order valence-corrected chi connectivity index (χ1v) is 8.77. The quantitative estimate of drug-likeness (QED) is 0.897. The summed E-state index contributed by atoms with van der Waals surface area (Å²) in [4.78, 5) is 21.3. The van der Waals surface area contributed by atoms with E-state index in [0.717, 1.165) is 5.69 Å². The lowest BCUT2D eigenvalue weighted by atomic mass is 9.75. The number of aromatic nitrogens is 2. The normalized spacial score (nSPS) is 17.4. The molecular formula is C20H25N3O3. The molecule has 1 aliphatic heterocycles. The minimum Gasteiger partial charge on any atom is -0.476 e. The molecule has 1 aromatic carbocycles. The summed E-state index contributed by atoms with van der Waals surface area (Å²) in [7, 11) is 0. The van der Waals surface area contributed by atoms with E-state index < -0.39 is 5.97 Å². The molecule has 3 rings (SSSR count). The summed E-state index contributed by atoms with van der Waals surface area (Å²) in [6.45, 7) is 11.9. The van der Waals surface area contributed by atoms with Gasteiger partial charge in [0.2, 0.25) is 0 Å². The Morgan fingerprint density at radius 1 is 1.19 bits per heavy atom. The minimum atomic E-state index is -1.08.